The lowest BCUT2D eigenvalue weighted by Crippen LogP contribution is -2.27. The van der Waals surface area contributed by atoms with Crippen LogP contribution in [0.2, 0.25) is 5.02 Å². The first-order valence-corrected chi connectivity index (χ1v) is 8.24. The molecule has 1 aromatic heterocycles. The number of hydrogen-bond donors (Lipinski definition) is 2. The van der Waals surface area contributed by atoms with Gasteiger partial charge in [0.2, 0.25) is 5.91 Å². The van der Waals surface area contributed by atoms with Crippen LogP contribution in [-0.2, 0) is 17.9 Å². The molecule has 0 aliphatic rings. The summed E-state index contributed by atoms with van der Waals surface area (Å²) in [7, 11) is 0. The minimum absolute atomic E-state index is 0.00259. The molecule has 0 atom stereocenters. The summed E-state index contributed by atoms with van der Waals surface area (Å²) in [6, 6.07) is 13.2. The molecule has 1 amide bonds. The molecule has 0 radical (unpaired) electrons. The van der Waals surface area contributed by atoms with Crippen LogP contribution in [0.3, 0.4) is 0 Å². The van der Waals surface area contributed by atoms with E-state index in [1.807, 2.05) is 0 Å². The summed E-state index contributed by atoms with van der Waals surface area (Å²) >= 11 is 11.1. The average Bonchev–Trinajstić information content (AvgIpc) is 2.95. The second-order valence-electron chi connectivity index (χ2n) is 5.35. The molecule has 3 rings (SSSR count). The monoisotopic (exact) mass is 376 g/mol. The summed E-state index contributed by atoms with van der Waals surface area (Å²) in [5.74, 6) is -0.0478. The van der Waals surface area contributed by atoms with Gasteiger partial charge in [-0.25, -0.2) is 4.39 Å². The Kier molecular flexibility index (Phi) is 5.25. The Bertz CT molecular complexity index is 952. The minimum Gasteiger partial charge on any atom is -0.350 e. The van der Waals surface area contributed by atoms with E-state index in [4.69, 9.17) is 23.8 Å². The molecule has 0 saturated heterocycles. The lowest BCUT2D eigenvalue weighted by Gasteiger charge is -2.08. The van der Waals surface area contributed by atoms with Crippen molar-refractivity contribution in [1.82, 2.24) is 20.1 Å². The molecule has 128 valence electrons. The normalized spacial score (nSPS) is 10.6. The first-order valence-electron chi connectivity index (χ1n) is 7.45. The van der Waals surface area contributed by atoms with Gasteiger partial charge >= 0.3 is 0 Å². The Labute approximate surface area is 153 Å². The summed E-state index contributed by atoms with van der Waals surface area (Å²) in [5.41, 5.74) is 1.47. The number of H-pyrrole nitrogens is 1. The van der Waals surface area contributed by atoms with Crippen molar-refractivity contribution in [2.45, 2.75) is 13.1 Å². The van der Waals surface area contributed by atoms with Crippen LogP contribution in [-0.4, -0.2) is 20.7 Å². The third-order valence-electron chi connectivity index (χ3n) is 3.54. The molecule has 0 fully saturated rings. The summed E-state index contributed by atoms with van der Waals surface area (Å²) in [5, 5.41) is 10.2. The van der Waals surface area contributed by atoms with Crippen LogP contribution in [0.1, 0.15) is 5.56 Å². The lowest BCUT2D eigenvalue weighted by molar-refractivity contribution is -0.121. The fourth-order valence-corrected chi connectivity index (χ4v) is 2.65. The topological polar surface area (TPSA) is 62.7 Å². The van der Waals surface area contributed by atoms with Crippen LogP contribution >= 0.6 is 23.8 Å². The molecule has 8 heteroatoms. The molecule has 2 N–H and O–H groups in total. The van der Waals surface area contributed by atoms with E-state index in [1.54, 1.807) is 41.0 Å². The third-order valence-corrected chi connectivity index (χ3v) is 4.10. The second-order valence-corrected chi connectivity index (χ2v) is 6.18. The highest BCUT2D eigenvalue weighted by Crippen LogP contribution is 2.19. The molecule has 2 aromatic carbocycles. The van der Waals surface area contributed by atoms with E-state index in [0.29, 0.717) is 21.2 Å². The molecule has 0 spiro atoms. The second kappa shape index (κ2) is 7.58. The van der Waals surface area contributed by atoms with Gasteiger partial charge in [-0.15, -0.1) is 0 Å². The summed E-state index contributed by atoms with van der Waals surface area (Å²) in [6.45, 7) is 0.237. The van der Waals surface area contributed by atoms with Gasteiger partial charge < -0.3 is 5.32 Å². The predicted molar refractivity (Wildman–Crippen MR) is 96.1 cm³/mol. The number of aromatic amines is 1. The van der Waals surface area contributed by atoms with Crippen molar-refractivity contribution in [3.05, 3.63) is 69.7 Å². The van der Waals surface area contributed by atoms with Crippen LogP contribution in [0.15, 0.2) is 48.5 Å². The smallest absolute Gasteiger partial charge is 0.240 e. The van der Waals surface area contributed by atoms with E-state index < -0.39 is 0 Å². The van der Waals surface area contributed by atoms with Gasteiger partial charge in [-0.2, -0.15) is 5.10 Å². The standard InChI is InChI=1S/C17H14ClFN4OS/c18-13-6-4-12(5-7-13)16-21-22-17(25)23(16)10-15(24)20-9-11-2-1-3-14(19)8-11/h1-8H,9-10H2,(H,20,24)(H,22,25). The SMILES string of the molecule is O=C(Cn1c(-c2ccc(Cl)cc2)n[nH]c1=S)NCc1cccc(F)c1. The average molecular weight is 377 g/mol. The van der Waals surface area contributed by atoms with Gasteiger partial charge in [0.25, 0.3) is 0 Å². The molecule has 0 aliphatic heterocycles. The van der Waals surface area contributed by atoms with Gasteiger partial charge in [0.15, 0.2) is 10.6 Å². The number of amides is 1. The van der Waals surface area contributed by atoms with E-state index in [2.05, 4.69) is 15.5 Å². The molecule has 0 bridgehead atoms. The highest BCUT2D eigenvalue weighted by atomic mass is 35.5. The molecular weight excluding hydrogens is 363 g/mol. The van der Waals surface area contributed by atoms with Crippen LogP contribution < -0.4 is 5.32 Å². The number of nitrogens with one attached hydrogen (secondary N) is 2. The Balaban J connectivity index is 1.72. The van der Waals surface area contributed by atoms with Gasteiger partial charge in [-0.1, -0.05) is 23.7 Å². The molecular formula is C17H14ClFN4OS. The van der Waals surface area contributed by atoms with Crippen LogP contribution in [0.25, 0.3) is 11.4 Å². The van der Waals surface area contributed by atoms with Crippen LogP contribution in [0.5, 0.6) is 0 Å². The van der Waals surface area contributed by atoms with E-state index in [0.717, 1.165) is 5.56 Å². The number of carbonyl (C=O) groups excluding carboxylic acids is 1. The van der Waals surface area contributed by atoms with Gasteiger partial charge in [0.1, 0.15) is 12.4 Å². The first-order chi connectivity index (χ1) is 12.0. The van der Waals surface area contributed by atoms with Crippen LogP contribution in [0.4, 0.5) is 4.39 Å². The van der Waals surface area contributed by atoms with Gasteiger partial charge in [-0.05, 0) is 54.2 Å². The summed E-state index contributed by atoms with van der Waals surface area (Å²) < 4.78 is 15.1. The molecule has 0 aliphatic carbocycles. The zero-order valence-electron chi connectivity index (χ0n) is 13.0. The van der Waals surface area contributed by atoms with Gasteiger partial charge in [0, 0.05) is 17.1 Å². The number of aromatic nitrogens is 3. The third kappa shape index (κ3) is 4.32. The van der Waals surface area contributed by atoms with Crippen molar-refractivity contribution in [1.29, 1.82) is 0 Å². The van der Waals surface area contributed by atoms with Crippen LogP contribution in [0, 0.1) is 10.6 Å². The number of nitrogens with zero attached hydrogens (tertiary/aromatic N) is 2. The largest absolute Gasteiger partial charge is 0.350 e. The predicted octanol–water partition coefficient (Wildman–Crippen LogP) is 3.72. The highest BCUT2D eigenvalue weighted by Gasteiger charge is 2.12. The molecule has 0 saturated carbocycles. The molecule has 25 heavy (non-hydrogen) atoms. The van der Waals surface area contributed by atoms with E-state index in [-0.39, 0.29) is 24.8 Å². The Morgan fingerprint density at radius 3 is 2.76 bits per heavy atom. The van der Waals surface area contributed by atoms with E-state index >= 15 is 0 Å². The maximum Gasteiger partial charge on any atom is 0.240 e. The Hall–Kier alpha value is -2.51. The number of hydrogen-bond acceptors (Lipinski definition) is 3. The quantitative estimate of drug-likeness (QED) is 0.667. The summed E-state index contributed by atoms with van der Waals surface area (Å²) in [4.78, 5) is 12.2. The van der Waals surface area contributed by atoms with Crippen molar-refractivity contribution in [2.75, 3.05) is 0 Å². The summed E-state index contributed by atoms with van der Waals surface area (Å²) in [6.07, 6.45) is 0. The fourth-order valence-electron chi connectivity index (χ4n) is 2.33. The van der Waals surface area contributed by atoms with E-state index in [9.17, 15) is 9.18 Å². The minimum atomic E-state index is -0.339. The van der Waals surface area contributed by atoms with Gasteiger partial charge in [0.05, 0.1) is 0 Å². The fraction of sp³-hybridized carbons (Fsp3) is 0.118. The zero-order valence-corrected chi connectivity index (χ0v) is 14.6. The van der Waals surface area contributed by atoms with Crippen molar-refractivity contribution in [3.63, 3.8) is 0 Å². The van der Waals surface area contributed by atoms with Crippen molar-refractivity contribution < 1.29 is 9.18 Å². The molecule has 5 nitrogen and oxygen atoms in total. The van der Waals surface area contributed by atoms with Crippen molar-refractivity contribution in [3.8, 4) is 11.4 Å². The lowest BCUT2D eigenvalue weighted by atomic mass is 10.2. The Morgan fingerprint density at radius 2 is 2.04 bits per heavy atom. The maximum absolute atomic E-state index is 13.2. The van der Waals surface area contributed by atoms with Crippen molar-refractivity contribution in [2.24, 2.45) is 0 Å². The number of rotatable bonds is 5. The number of benzene rings is 2. The molecule has 3 aromatic rings. The Morgan fingerprint density at radius 1 is 1.28 bits per heavy atom. The molecule has 1 heterocycles. The number of halogens is 2. The first kappa shape index (κ1) is 17.3. The van der Waals surface area contributed by atoms with Gasteiger partial charge in [-0.3, -0.25) is 14.5 Å². The maximum atomic E-state index is 13.2. The zero-order chi connectivity index (χ0) is 17.8. The molecule has 0 unspecified atom stereocenters. The highest BCUT2D eigenvalue weighted by molar-refractivity contribution is 7.71. The van der Waals surface area contributed by atoms with E-state index in [1.165, 1.54) is 12.1 Å². The number of carbonyl (C=O) groups is 1. The van der Waals surface area contributed by atoms with Crippen molar-refractivity contribution >= 4 is 29.7 Å².